The SMILES string of the molecule is COCCOC(=O)c1ccc(NC(=O)COc2ccc(C)cc2C)cc1. The molecule has 0 aromatic heterocycles. The summed E-state index contributed by atoms with van der Waals surface area (Å²) in [7, 11) is 1.54. The molecule has 1 N–H and O–H groups in total. The number of aryl methyl sites for hydroxylation is 2. The van der Waals surface area contributed by atoms with Crippen LogP contribution in [0, 0.1) is 13.8 Å². The number of carbonyl (C=O) groups excluding carboxylic acids is 2. The molecule has 26 heavy (non-hydrogen) atoms. The van der Waals surface area contributed by atoms with Crippen LogP contribution in [-0.4, -0.2) is 38.8 Å². The maximum atomic E-state index is 12.0. The van der Waals surface area contributed by atoms with Crippen LogP contribution in [0.2, 0.25) is 0 Å². The van der Waals surface area contributed by atoms with E-state index in [0.29, 0.717) is 23.6 Å². The van der Waals surface area contributed by atoms with E-state index in [1.165, 1.54) is 7.11 Å². The minimum Gasteiger partial charge on any atom is -0.483 e. The molecule has 138 valence electrons. The van der Waals surface area contributed by atoms with Crippen molar-refractivity contribution >= 4 is 17.6 Å². The summed E-state index contributed by atoms with van der Waals surface area (Å²) < 4.78 is 15.4. The van der Waals surface area contributed by atoms with E-state index in [1.807, 2.05) is 32.0 Å². The molecular weight excluding hydrogens is 334 g/mol. The second kappa shape index (κ2) is 9.58. The summed E-state index contributed by atoms with van der Waals surface area (Å²) in [6, 6.07) is 12.2. The Labute approximate surface area is 153 Å². The number of hydrogen-bond donors (Lipinski definition) is 1. The number of carbonyl (C=O) groups is 2. The zero-order chi connectivity index (χ0) is 18.9. The van der Waals surface area contributed by atoms with Gasteiger partial charge in [0.25, 0.3) is 5.91 Å². The van der Waals surface area contributed by atoms with E-state index in [0.717, 1.165) is 11.1 Å². The number of nitrogens with one attached hydrogen (secondary N) is 1. The lowest BCUT2D eigenvalue weighted by molar-refractivity contribution is -0.118. The minimum atomic E-state index is -0.432. The predicted molar refractivity (Wildman–Crippen MR) is 98.6 cm³/mol. The molecule has 0 heterocycles. The first-order valence-electron chi connectivity index (χ1n) is 8.25. The van der Waals surface area contributed by atoms with Crippen molar-refractivity contribution < 1.29 is 23.8 Å². The van der Waals surface area contributed by atoms with Crippen LogP contribution < -0.4 is 10.1 Å². The van der Waals surface area contributed by atoms with Crippen LogP contribution in [0.4, 0.5) is 5.69 Å². The summed E-state index contributed by atoms with van der Waals surface area (Å²) in [4.78, 5) is 23.8. The third kappa shape index (κ3) is 5.89. The highest BCUT2D eigenvalue weighted by Gasteiger charge is 2.09. The molecular formula is C20H23NO5. The van der Waals surface area contributed by atoms with Gasteiger partial charge < -0.3 is 19.5 Å². The van der Waals surface area contributed by atoms with Crippen molar-refractivity contribution in [3.8, 4) is 5.75 Å². The van der Waals surface area contributed by atoms with Gasteiger partial charge in [0, 0.05) is 12.8 Å². The largest absolute Gasteiger partial charge is 0.483 e. The van der Waals surface area contributed by atoms with E-state index in [1.54, 1.807) is 24.3 Å². The molecule has 0 bridgehead atoms. The lowest BCUT2D eigenvalue weighted by Gasteiger charge is -2.10. The van der Waals surface area contributed by atoms with Gasteiger partial charge in [-0.05, 0) is 49.7 Å². The fraction of sp³-hybridized carbons (Fsp3) is 0.300. The first kappa shape index (κ1) is 19.5. The van der Waals surface area contributed by atoms with Gasteiger partial charge in [-0.1, -0.05) is 17.7 Å². The lowest BCUT2D eigenvalue weighted by atomic mass is 10.1. The zero-order valence-electron chi connectivity index (χ0n) is 15.2. The number of rotatable bonds is 8. The van der Waals surface area contributed by atoms with Crippen LogP contribution >= 0.6 is 0 Å². The standard InChI is InChI=1S/C20H23NO5/c1-14-4-9-18(15(2)12-14)26-13-19(22)21-17-7-5-16(6-8-17)20(23)25-11-10-24-3/h4-9,12H,10-11,13H2,1-3H3,(H,21,22). The number of esters is 1. The molecule has 2 rings (SSSR count). The maximum Gasteiger partial charge on any atom is 0.338 e. The molecule has 6 nitrogen and oxygen atoms in total. The molecule has 1 amide bonds. The molecule has 0 aliphatic carbocycles. The third-order valence-corrected chi connectivity index (χ3v) is 3.61. The number of ether oxygens (including phenoxy) is 3. The fourth-order valence-electron chi connectivity index (χ4n) is 2.29. The zero-order valence-corrected chi connectivity index (χ0v) is 15.2. The van der Waals surface area contributed by atoms with Gasteiger partial charge in [0.05, 0.1) is 12.2 Å². The quantitative estimate of drug-likeness (QED) is 0.580. The van der Waals surface area contributed by atoms with Crippen molar-refractivity contribution in [1.29, 1.82) is 0 Å². The van der Waals surface area contributed by atoms with Gasteiger partial charge in [0.2, 0.25) is 0 Å². The van der Waals surface area contributed by atoms with Crippen LogP contribution in [0.1, 0.15) is 21.5 Å². The molecule has 0 unspecified atom stereocenters. The van der Waals surface area contributed by atoms with Crippen LogP contribution in [0.15, 0.2) is 42.5 Å². The van der Waals surface area contributed by atoms with Crippen LogP contribution in [-0.2, 0) is 14.3 Å². The van der Waals surface area contributed by atoms with E-state index in [4.69, 9.17) is 14.2 Å². The lowest BCUT2D eigenvalue weighted by Crippen LogP contribution is -2.20. The Morgan fingerprint density at radius 2 is 1.73 bits per heavy atom. The molecule has 0 atom stereocenters. The van der Waals surface area contributed by atoms with Gasteiger partial charge in [-0.15, -0.1) is 0 Å². The highest BCUT2D eigenvalue weighted by molar-refractivity contribution is 5.93. The second-order valence-corrected chi connectivity index (χ2v) is 5.81. The van der Waals surface area contributed by atoms with Crippen molar-refractivity contribution in [2.45, 2.75) is 13.8 Å². The predicted octanol–water partition coefficient (Wildman–Crippen LogP) is 3.12. The summed E-state index contributed by atoms with van der Waals surface area (Å²) >= 11 is 0. The topological polar surface area (TPSA) is 73.9 Å². The molecule has 0 aliphatic heterocycles. The van der Waals surface area contributed by atoms with E-state index in [-0.39, 0.29) is 19.1 Å². The molecule has 0 spiro atoms. The maximum absolute atomic E-state index is 12.0. The van der Waals surface area contributed by atoms with Gasteiger partial charge in [0.15, 0.2) is 6.61 Å². The molecule has 0 radical (unpaired) electrons. The van der Waals surface area contributed by atoms with Crippen molar-refractivity contribution in [2.24, 2.45) is 0 Å². The Morgan fingerprint density at radius 3 is 2.38 bits per heavy atom. The van der Waals surface area contributed by atoms with E-state index < -0.39 is 5.97 Å². The number of amides is 1. The van der Waals surface area contributed by atoms with Crippen molar-refractivity contribution in [1.82, 2.24) is 0 Å². The number of benzene rings is 2. The first-order chi connectivity index (χ1) is 12.5. The summed E-state index contributed by atoms with van der Waals surface area (Å²) in [5.41, 5.74) is 3.10. The van der Waals surface area contributed by atoms with Crippen LogP contribution in [0.5, 0.6) is 5.75 Å². The van der Waals surface area contributed by atoms with Crippen molar-refractivity contribution in [3.05, 3.63) is 59.2 Å². The van der Waals surface area contributed by atoms with E-state index in [9.17, 15) is 9.59 Å². The average molecular weight is 357 g/mol. The highest BCUT2D eigenvalue weighted by atomic mass is 16.6. The molecule has 6 heteroatoms. The number of hydrogen-bond acceptors (Lipinski definition) is 5. The Bertz CT molecular complexity index is 755. The van der Waals surface area contributed by atoms with E-state index >= 15 is 0 Å². The monoisotopic (exact) mass is 357 g/mol. The van der Waals surface area contributed by atoms with Crippen LogP contribution in [0.25, 0.3) is 0 Å². The summed E-state index contributed by atoms with van der Waals surface area (Å²) in [5.74, 6) is -0.0293. The smallest absolute Gasteiger partial charge is 0.338 e. The Morgan fingerprint density at radius 1 is 1.00 bits per heavy atom. The molecule has 2 aromatic rings. The van der Waals surface area contributed by atoms with Gasteiger partial charge in [-0.2, -0.15) is 0 Å². The average Bonchev–Trinajstić information content (AvgIpc) is 2.61. The molecule has 0 saturated heterocycles. The Balaban J connectivity index is 1.84. The first-order valence-corrected chi connectivity index (χ1v) is 8.25. The van der Waals surface area contributed by atoms with Crippen molar-refractivity contribution in [2.75, 3.05) is 32.2 Å². The van der Waals surface area contributed by atoms with Gasteiger partial charge in [-0.3, -0.25) is 4.79 Å². The minimum absolute atomic E-state index is 0.0925. The van der Waals surface area contributed by atoms with E-state index in [2.05, 4.69) is 5.32 Å². The summed E-state index contributed by atoms with van der Waals surface area (Å²) in [6.07, 6.45) is 0. The molecule has 2 aromatic carbocycles. The molecule has 0 fully saturated rings. The summed E-state index contributed by atoms with van der Waals surface area (Å²) in [5, 5.41) is 2.73. The van der Waals surface area contributed by atoms with Crippen LogP contribution in [0.3, 0.4) is 0 Å². The Hall–Kier alpha value is -2.86. The fourth-order valence-corrected chi connectivity index (χ4v) is 2.29. The number of anilines is 1. The number of methoxy groups -OCH3 is 1. The normalized spacial score (nSPS) is 10.3. The summed E-state index contributed by atoms with van der Waals surface area (Å²) in [6.45, 7) is 4.39. The third-order valence-electron chi connectivity index (χ3n) is 3.61. The molecule has 0 aliphatic rings. The molecule has 0 saturated carbocycles. The highest BCUT2D eigenvalue weighted by Crippen LogP contribution is 2.18. The second-order valence-electron chi connectivity index (χ2n) is 5.81. The van der Waals surface area contributed by atoms with Gasteiger partial charge in [0.1, 0.15) is 12.4 Å². The van der Waals surface area contributed by atoms with Gasteiger partial charge in [-0.25, -0.2) is 4.79 Å². The Kier molecular flexibility index (Phi) is 7.17. The van der Waals surface area contributed by atoms with Crippen molar-refractivity contribution in [3.63, 3.8) is 0 Å². The van der Waals surface area contributed by atoms with Gasteiger partial charge >= 0.3 is 5.97 Å².